The Labute approximate surface area is 461 Å². The summed E-state index contributed by atoms with van der Waals surface area (Å²) in [6, 6.07) is 0. The zero-order valence-electron chi connectivity index (χ0n) is 47.2. The number of phosphoric acid groups is 1. The molecule has 2 N–H and O–H groups in total. The summed E-state index contributed by atoms with van der Waals surface area (Å²) in [7, 11) is -4.79. The Morgan fingerprint density at radius 2 is 0.711 bits per heavy atom. The standard InChI is InChI=1S/C64H101O11P/c1-4-7-10-13-16-19-22-24-26-28-30-32-34-36-39-41-44-47-50-53-62(66)71-57-61(75-64(68)55-52-49-46-43-40-37-35-33-31-29-27-25-23-20-17-14-11-8-5-2)59-73-76(69,70)72-58-60(56-65)74-63(67)54-51-48-45-42-38-21-18-15-12-9-6-3/h7-8,10-11,15-20,24-27,30-33,36-37,39-40,46,49,60-61,65H,4-6,9,12-14,21-23,28-29,34-35,38,41-45,47-48,50-59H2,1-3H3,(H,69,70)/b10-7-,11-8-,18-15-,19-16-,20-17-,26-24-,27-25-,32-30-,33-31-,39-36-,40-37-,49-46-. The van der Waals surface area contributed by atoms with E-state index in [-0.39, 0.29) is 19.3 Å². The second kappa shape index (κ2) is 56.6. The first-order valence-electron chi connectivity index (χ1n) is 28.7. The number of rotatable bonds is 51. The van der Waals surface area contributed by atoms with Crippen LogP contribution in [0.5, 0.6) is 0 Å². The third kappa shape index (κ3) is 54.2. The average Bonchev–Trinajstić information content (AvgIpc) is 3.41. The molecule has 0 bridgehead atoms. The molecule has 0 aliphatic rings. The van der Waals surface area contributed by atoms with Crippen LogP contribution in [0.1, 0.15) is 201 Å². The van der Waals surface area contributed by atoms with E-state index in [1.165, 1.54) is 12.8 Å². The van der Waals surface area contributed by atoms with Gasteiger partial charge in [0, 0.05) is 19.3 Å². The van der Waals surface area contributed by atoms with Gasteiger partial charge in [0.2, 0.25) is 0 Å². The summed E-state index contributed by atoms with van der Waals surface area (Å²) in [5.74, 6) is -1.64. The van der Waals surface area contributed by atoms with Gasteiger partial charge in [0.05, 0.1) is 19.8 Å². The number of aliphatic hydroxyl groups excluding tert-OH is 1. The van der Waals surface area contributed by atoms with E-state index in [4.69, 9.17) is 23.3 Å². The van der Waals surface area contributed by atoms with Crippen molar-refractivity contribution < 1.29 is 52.2 Å². The molecular formula is C64H101O11P. The highest BCUT2D eigenvalue weighted by Crippen LogP contribution is 2.43. The molecule has 0 rings (SSSR count). The third-order valence-corrected chi connectivity index (χ3v) is 12.2. The van der Waals surface area contributed by atoms with Crippen LogP contribution in [0, 0.1) is 0 Å². The van der Waals surface area contributed by atoms with Gasteiger partial charge in [0.1, 0.15) is 12.7 Å². The van der Waals surface area contributed by atoms with Crippen molar-refractivity contribution in [3.63, 3.8) is 0 Å². The number of aliphatic hydroxyl groups is 1. The number of carbonyl (C=O) groups is 3. The summed E-state index contributed by atoms with van der Waals surface area (Å²) in [5, 5.41) is 9.79. The maximum atomic E-state index is 12.9. The fraction of sp³-hybridized carbons (Fsp3) is 0.578. The van der Waals surface area contributed by atoms with E-state index < -0.39 is 64.4 Å². The normalized spacial score (nSPS) is 14.4. The molecule has 3 atom stereocenters. The Balaban J connectivity index is 4.93. The Bertz CT molecular complexity index is 1830. The maximum absolute atomic E-state index is 12.9. The highest BCUT2D eigenvalue weighted by atomic mass is 31.2. The number of esters is 3. The Morgan fingerprint density at radius 3 is 1.16 bits per heavy atom. The molecule has 428 valence electrons. The molecule has 0 amide bonds. The largest absolute Gasteiger partial charge is 0.472 e. The van der Waals surface area contributed by atoms with Crippen molar-refractivity contribution in [2.45, 2.75) is 213 Å². The summed E-state index contributed by atoms with van der Waals surface area (Å²) in [6.45, 7) is 4.21. The predicted molar refractivity (Wildman–Crippen MR) is 316 cm³/mol. The number of carbonyl (C=O) groups excluding carboxylic acids is 3. The van der Waals surface area contributed by atoms with E-state index in [1.54, 1.807) is 0 Å². The van der Waals surface area contributed by atoms with Crippen LogP contribution in [-0.4, -0.2) is 66.5 Å². The highest BCUT2D eigenvalue weighted by molar-refractivity contribution is 7.47. The third-order valence-electron chi connectivity index (χ3n) is 11.2. The minimum Gasteiger partial charge on any atom is -0.462 e. The first kappa shape index (κ1) is 71.4. The van der Waals surface area contributed by atoms with Crippen molar-refractivity contribution >= 4 is 25.7 Å². The summed E-state index contributed by atoms with van der Waals surface area (Å²) in [6.07, 6.45) is 72.6. The minimum atomic E-state index is -4.79. The molecule has 0 radical (unpaired) electrons. The van der Waals surface area contributed by atoms with Crippen LogP contribution in [0.15, 0.2) is 146 Å². The van der Waals surface area contributed by atoms with Gasteiger partial charge in [-0.25, -0.2) is 4.57 Å². The van der Waals surface area contributed by atoms with Crippen LogP contribution in [0.4, 0.5) is 0 Å². The maximum Gasteiger partial charge on any atom is 0.472 e. The number of hydrogen-bond acceptors (Lipinski definition) is 10. The molecule has 0 aliphatic carbocycles. The van der Waals surface area contributed by atoms with Crippen molar-refractivity contribution in [2.75, 3.05) is 26.4 Å². The highest BCUT2D eigenvalue weighted by Gasteiger charge is 2.28. The number of unbranched alkanes of at least 4 members (excludes halogenated alkanes) is 10. The van der Waals surface area contributed by atoms with Crippen molar-refractivity contribution in [3.05, 3.63) is 146 Å². The van der Waals surface area contributed by atoms with Gasteiger partial charge in [-0.05, 0) is 122 Å². The van der Waals surface area contributed by atoms with Gasteiger partial charge in [0.15, 0.2) is 6.10 Å². The van der Waals surface area contributed by atoms with Gasteiger partial charge in [-0.3, -0.25) is 23.4 Å². The van der Waals surface area contributed by atoms with E-state index >= 15 is 0 Å². The molecule has 0 aliphatic heterocycles. The monoisotopic (exact) mass is 1080 g/mol. The molecule has 0 heterocycles. The Morgan fingerprint density at radius 1 is 0.382 bits per heavy atom. The second-order valence-corrected chi connectivity index (χ2v) is 19.8. The summed E-state index contributed by atoms with van der Waals surface area (Å²) in [5.41, 5.74) is 0. The van der Waals surface area contributed by atoms with Crippen molar-refractivity contribution in [2.24, 2.45) is 0 Å². The first-order valence-corrected chi connectivity index (χ1v) is 30.2. The zero-order chi connectivity index (χ0) is 55.5. The van der Waals surface area contributed by atoms with Gasteiger partial charge >= 0.3 is 25.7 Å². The summed E-state index contributed by atoms with van der Waals surface area (Å²) in [4.78, 5) is 48.5. The van der Waals surface area contributed by atoms with Crippen molar-refractivity contribution in [3.8, 4) is 0 Å². The number of allylic oxidation sites excluding steroid dienone is 24. The van der Waals surface area contributed by atoms with E-state index in [9.17, 15) is 28.9 Å². The molecule has 3 unspecified atom stereocenters. The van der Waals surface area contributed by atoms with E-state index in [0.29, 0.717) is 25.7 Å². The van der Waals surface area contributed by atoms with Gasteiger partial charge < -0.3 is 24.2 Å². The van der Waals surface area contributed by atoms with Gasteiger partial charge in [0.25, 0.3) is 0 Å². The average molecular weight is 1080 g/mol. The molecule has 12 heteroatoms. The molecule has 0 aromatic heterocycles. The van der Waals surface area contributed by atoms with Gasteiger partial charge in [-0.1, -0.05) is 205 Å². The fourth-order valence-electron chi connectivity index (χ4n) is 6.92. The van der Waals surface area contributed by atoms with Crippen LogP contribution in [-0.2, 0) is 42.2 Å². The predicted octanol–water partition coefficient (Wildman–Crippen LogP) is 17.1. The summed E-state index contributed by atoms with van der Waals surface area (Å²) < 4.78 is 39.4. The fourth-order valence-corrected chi connectivity index (χ4v) is 7.70. The lowest BCUT2D eigenvalue weighted by Gasteiger charge is -2.21. The van der Waals surface area contributed by atoms with Gasteiger partial charge in [-0.15, -0.1) is 0 Å². The molecule has 0 saturated carbocycles. The number of ether oxygens (including phenoxy) is 3. The lowest BCUT2D eigenvalue weighted by molar-refractivity contribution is -0.161. The zero-order valence-corrected chi connectivity index (χ0v) is 48.0. The van der Waals surface area contributed by atoms with Crippen LogP contribution in [0.2, 0.25) is 0 Å². The Kier molecular flexibility index (Phi) is 53.1. The van der Waals surface area contributed by atoms with Crippen molar-refractivity contribution in [1.29, 1.82) is 0 Å². The van der Waals surface area contributed by atoms with Gasteiger partial charge in [-0.2, -0.15) is 0 Å². The molecular weight excluding hydrogens is 976 g/mol. The minimum absolute atomic E-state index is 0.0259. The van der Waals surface area contributed by atoms with Crippen molar-refractivity contribution in [1.82, 2.24) is 0 Å². The molecule has 76 heavy (non-hydrogen) atoms. The molecule has 0 aromatic rings. The van der Waals surface area contributed by atoms with Crippen LogP contribution < -0.4 is 0 Å². The summed E-state index contributed by atoms with van der Waals surface area (Å²) >= 11 is 0. The van der Waals surface area contributed by atoms with Crippen LogP contribution in [0.25, 0.3) is 0 Å². The second-order valence-electron chi connectivity index (χ2n) is 18.3. The van der Waals surface area contributed by atoms with Crippen LogP contribution >= 0.6 is 7.82 Å². The number of phosphoric ester groups is 1. The Hall–Kier alpha value is -4.64. The lowest BCUT2D eigenvalue weighted by atomic mass is 10.1. The van der Waals surface area contributed by atoms with Crippen LogP contribution in [0.3, 0.4) is 0 Å². The molecule has 0 spiro atoms. The van der Waals surface area contributed by atoms with E-state index in [1.807, 2.05) is 12.2 Å². The quantitative estimate of drug-likeness (QED) is 0.0197. The SMILES string of the molecule is CC/C=C\C/C=C\C/C=C\C/C=C\C/C=C\C/C=C\CCC(=O)OC(COC(=O)CCCCC/C=C\C/C=C\C/C=C\C/C=C\C/C=C\CC)COP(=O)(O)OCC(CO)OC(=O)CCCCCCC/C=C\CCCC. The number of hydrogen-bond donors (Lipinski definition) is 2. The molecule has 11 nitrogen and oxygen atoms in total. The lowest BCUT2D eigenvalue weighted by Crippen LogP contribution is -2.30. The van der Waals surface area contributed by atoms with E-state index in [0.717, 1.165) is 122 Å². The molecule has 0 aromatic carbocycles. The smallest absolute Gasteiger partial charge is 0.462 e. The topological polar surface area (TPSA) is 155 Å². The molecule has 0 saturated heterocycles. The first-order chi connectivity index (χ1) is 37.2. The molecule has 0 fully saturated rings. The van der Waals surface area contributed by atoms with E-state index in [2.05, 4.69) is 154 Å².